The topological polar surface area (TPSA) is 69.4 Å². The van der Waals surface area contributed by atoms with Crippen LogP contribution in [0.25, 0.3) is 0 Å². The van der Waals surface area contributed by atoms with Gasteiger partial charge >= 0.3 is 5.97 Å². The van der Waals surface area contributed by atoms with Gasteiger partial charge in [0.2, 0.25) is 0 Å². The van der Waals surface area contributed by atoms with Crippen molar-refractivity contribution in [2.24, 2.45) is 0 Å². The van der Waals surface area contributed by atoms with E-state index in [-0.39, 0.29) is 11.3 Å². The van der Waals surface area contributed by atoms with Crippen LogP contribution in [-0.4, -0.2) is 10.9 Å². The van der Waals surface area contributed by atoms with Crippen molar-refractivity contribution in [1.29, 1.82) is 0 Å². The van der Waals surface area contributed by atoms with Crippen molar-refractivity contribution < 1.29 is 14.5 Å². The van der Waals surface area contributed by atoms with Gasteiger partial charge in [0.1, 0.15) is 11.7 Å². The Hall–Kier alpha value is -2.69. The molecule has 0 amide bonds. The minimum atomic E-state index is -0.700. The third kappa shape index (κ3) is 3.00. The highest BCUT2D eigenvalue weighted by atomic mass is 16.6. The van der Waals surface area contributed by atoms with Gasteiger partial charge in [-0.3, -0.25) is 10.1 Å². The van der Waals surface area contributed by atoms with E-state index in [1.165, 1.54) is 18.2 Å². The maximum atomic E-state index is 12.0. The maximum Gasteiger partial charge on any atom is 0.345 e. The standard InChI is InChI=1S/C15H13NO4/c1-11(12-7-3-2-4-8-12)20-15(17)13-9-5-6-10-14(13)16(18)19/h2-11H,1H3/t11-/m0/s1. The molecule has 20 heavy (non-hydrogen) atoms. The predicted molar refractivity (Wildman–Crippen MR) is 73.4 cm³/mol. The third-order valence-corrected chi connectivity index (χ3v) is 2.87. The first-order valence-electron chi connectivity index (χ1n) is 6.09. The summed E-state index contributed by atoms with van der Waals surface area (Å²) in [7, 11) is 0. The number of hydrogen-bond acceptors (Lipinski definition) is 4. The number of rotatable bonds is 4. The number of para-hydroxylation sites is 1. The van der Waals surface area contributed by atoms with Crippen LogP contribution in [-0.2, 0) is 4.74 Å². The molecule has 0 N–H and O–H groups in total. The summed E-state index contributed by atoms with van der Waals surface area (Å²) < 4.78 is 5.27. The lowest BCUT2D eigenvalue weighted by molar-refractivity contribution is -0.385. The van der Waals surface area contributed by atoms with Crippen LogP contribution in [0.4, 0.5) is 5.69 Å². The van der Waals surface area contributed by atoms with Crippen LogP contribution in [0.2, 0.25) is 0 Å². The molecule has 1 atom stereocenters. The minimum Gasteiger partial charge on any atom is -0.454 e. The monoisotopic (exact) mass is 271 g/mol. The van der Waals surface area contributed by atoms with Crippen molar-refractivity contribution in [3.05, 3.63) is 75.8 Å². The summed E-state index contributed by atoms with van der Waals surface area (Å²) in [6, 6.07) is 14.9. The summed E-state index contributed by atoms with van der Waals surface area (Å²) >= 11 is 0. The summed E-state index contributed by atoms with van der Waals surface area (Å²) in [5.74, 6) is -0.700. The van der Waals surface area contributed by atoms with E-state index in [9.17, 15) is 14.9 Å². The molecule has 0 saturated heterocycles. The van der Waals surface area contributed by atoms with Crippen molar-refractivity contribution in [2.45, 2.75) is 13.0 Å². The Morgan fingerprint density at radius 3 is 2.35 bits per heavy atom. The van der Waals surface area contributed by atoms with Gasteiger partial charge in [-0.2, -0.15) is 0 Å². The average Bonchev–Trinajstić information content (AvgIpc) is 2.48. The zero-order valence-electron chi connectivity index (χ0n) is 10.9. The van der Waals surface area contributed by atoms with Gasteiger partial charge in [-0.1, -0.05) is 42.5 Å². The molecule has 0 bridgehead atoms. The Balaban J connectivity index is 2.19. The van der Waals surface area contributed by atoms with Gasteiger partial charge in [0.05, 0.1) is 4.92 Å². The third-order valence-electron chi connectivity index (χ3n) is 2.87. The maximum absolute atomic E-state index is 12.0. The normalized spacial score (nSPS) is 11.7. The molecule has 0 aliphatic carbocycles. The molecular weight excluding hydrogens is 258 g/mol. The van der Waals surface area contributed by atoms with Crippen LogP contribution in [0.15, 0.2) is 54.6 Å². The number of nitro groups is 1. The van der Waals surface area contributed by atoms with E-state index in [0.29, 0.717) is 0 Å². The van der Waals surface area contributed by atoms with E-state index in [2.05, 4.69) is 0 Å². The summed E-state index contributed by atoms with van der Waals surface area (Å²) in [5.41, 5.74) is 0.539. The zero-order valence-corrected chi connectivity index (χ0v) is 10.9. The molecule has 5 nitrogen and oxygen atoms in total. The first kappa shape index (κ1) is 13.7. The summed E-state index contributed by atoms with van der Waals surface area (Å²) in [6.45, 7) is 1.72. The first-order chi connectivity index (χ1) is 9.59. The SMILES string of the molecule is C[C@H](OC(=O)c1ccccc1[N+](=O)[O-])c1ccccc1. The van der Waals surface area contributed by atoms with E-state index in [4.69, 9.17) is 4.74 Å². The largest absolute Gasteiger partial charge is 0.454 e. The van der Waals surface area contributed by atoms with Gasteiger partial charge in [0.25, 0.3) is 5.69 Å². The number of esters is 1. The molecule has 0 radical (unpaired) electrons. The molecule has 0 heterocycles. The molecule has 102 valence electrons. The molecule has 0 unspecified atom stereocenters. The lowest BCUT2D eigenvalue weighted by Crippen LogP contribution is -2.11. The predicted octanol–water partition coefficient (Wildman–Crippen LogP) is 3.51. The Labute approximate surface area is 116 Å². The Bertz CT molecular complexity index is 625. The minimum absolute atomic E-state index is 0.0414. The quantitative estimate of drug-likeness (QED) is 0.484. The summed E-state index contributed by atoms with van der Waals surface area (Å²) in [6.07, 6.45) is -0.469. The first-order valence-corrected chi connectivity index (χ1v) is 6.09. The molecular formula is C15H13NO4. The van der Waals surface area contributed by atoms with E-state index in [0.717, 1.165) is 5.56 Å². The Kier molecular flexibility index (Phi) is 4.10. The van der Waals surface area contributed by atoms with Crippen LogP contribution in [0.1, 0.15) is 28.9 Å². The van der Waals surface area contributed by atoms with Crippen molar-refractivity contribution in [2.75, 3.05) is 0 Å². The van der Waals surface area contributed by atoms with Crippen LogP contribution < -0.4 is 0 Å². The van der Waals surface area contributed by atoms with Crippen LogP contribution in [0.5, 0.6) is 0 Å². The van der Waals surface area contributed by atoms with E-state index < -0.39 is 17.0 Å². The van der Waals surface area contributed by atoms with E-state index >= 15 is 0 Å². The fourth-order valence-electron chi connectivity index (χ4n) is 1.82. The number of benzene rings is 2. The average molecular weight is 271 g/mol. The number of hydrogen-bond donors (Lipinski definition) is 0. The second kappa shape index (κ2) is 5.97. The van der Waals surface area contributed by atoms with Gasteiger partial charge in [-0.05, 0) is 18.6 Å². The number of nitrogens with zero attached hydrogens (tertiary/aromatic N) is 1. The zero-order chi connectivity index (χ0) is 14.5. The fourth-order valence-corrected chi connectivity index (χ4v) is 1.82. The van der Waals surface area contributed by atoms with Crippen LogP contribution >= 0.6 is 0 Å². The van der Waals surface area contributed by atoms with Crippen molar-refractivity contribution in [3.8, 4) is 0 Å². The lowest BCUT2D eigenvalue weighted by atomic mass is 10.1. The second-order valence-corrected chi connectivity index (χ2v) is 4.23. The van der Waals surface area contributed by atoms with Gasteiger partial charge in [-0.25, -0.2) is 4.79 Å². The van der Waals surface area contributed by atoms with Gasteiger partial charge in [0.15, 0.2) is 0 Å². The fraction of sp³-hybridized carbons (Fsp3) is 0.133. The number of carbonyl (C=O) groups is 1. The van der Waals surface area contributed by atoms with Gasteiger partial charge < -0.3 is 4.74 Å². The molecule has 0 fully saturated rings. The second-order valence-electron chi connectivity index (χ2n) is 4.23. The smallest absolute Gasteiger partial charge is 0.345 e. The summed E-state index contributed by atoms with van der Waals surface area (Å²) in [5, 5.41) is 10.9. The molecule has 0 aliphatic rings. The molecule has 0 aliphatic heterocycles. The summed E-state index contributed by atoms with van der Waals surface area (Å²) in [4.78, 5) is 22.3. The van der Waals surface area contributed by atoms with Gasteiger partial charge in [0, 0.05) is 6.07 Å². The molecule has 0 aromatic heterocycles. The van der Waals surface area contributed by atoms with Crippen molar-refractivity contribution in [3.63, 3.8) is 0 Å². The molecule has 2 aromatic rings. The van der Waals surface area contributed by atoms with E-state index in [1.807, 2.05) is 30.3 Å². The Morgan fingerprint density at radius 2 is 1.70 bits per heavy atom. The molecule has 5 heteroatoms. The molecule has 0 saturated carbocycles. The molecule has 2 aromatic carbocycles. The number of carbonyl (C=O) groups excluding carboxylic acids is 1. The van der Waals surface area contributed by atoms with Gasteiger partial charge in [-0.15, -0.1) is 0 Å². The van der Waals surface area contributed by atoms with Crippen LogP contribution in [0.3, 0.4) is 0 Å². The number of nitro benzene ring substituents is 1. The van der Waals surface area contributed by atoms with Crippen molar-refractivity contribution >= 4 is 11.7 Å². The highest BCUT2D eigenvalue weighted by Crippen LogP contribution is 2.23. The van der Waals surface area contributed by atoms with Crippen LogP contribution in [0, 0.1) is 10.1 Å². The molecule has 0 spiro atoms. The lowest BCUT2D eigenvalue weighted by Gasteiger charge is -2.13. The number of ether oxygens (including phenoxy) is 1. The highest BCUT2D eigenvalue weighted by Gasteiger charge is 2.22. The highest BCUT2D eigenvalue weighted by molar-refractivity contribution is 5.93. The molecule has 2 rings (SSSR count). The van der Waals surface area contributed by atoms with E-state index in [1.54, 1.807) is 13.0 Å². The van der Waals surface area contributed by atoms with Crippen molar-refractivity contribution in [1.82, 2.24) is 0 Å². The Morgan fingerprint density at radius 1 is 1.10 bits per heavy atom.